The maximum atomic E-state index is 14.8. The first-order chi connectivity index (χ1) is 19.1. The summed E-state index contributed by atoms with van der Waals surface area (Å²) in [6.07, 6.45) is -2.87. The molecule has 1 saturated heterocycles. The predicted molar refractivity (Wildman–Crippen MR) is 131 cm³/mol. The number of ether oxygens (including phenoxy) is 4. The van der Waals surface area contributed by atoms with Crippen molar-refractivity contribution in [2.24, 2.45) is 5.92 Å². The van der Waals surface area contributed by atoms with E-state index >= 15 is 0 Å². The Morgan fingerprint density at radius 2 is 1.40 bits per heavy atom. The third kappa shape index (κ3) is 7.13. The molecule has 216 valence electrons. The second kappa shape index (κ2) is 13.0. The van der Waals surface area contributed by atoms with Gasteiger partial charge >= 0.3 is 6.11 Å². The van der Waals surface area contributed by atoms with E-state index in [0.29, 0.717) is 31.8 Å². The van der Waals surface area contributed by atoms with Gasteiger partial charge in [0.15, 0.2) is 23.7 Å². The molecule has 0 unspecified atom stereocenters. The van der Waals surface area contributed by atoms with Crippen LogP contribution in [0.5, 0.6) is 5.75 Å². The van der Waals surface area contributed by atoms with Gasteiger partial charge in [-0.1, -0.05) is 25.5 Å². The highest BCUT2D eigenvalue weighted by Crippen LogP contribution is 2.38. The van der Waals surface area contributed by atoms with Crippen molar-refractivity contribution < 1.29 is 49.7 Å². The average molecular weight is 573 g/mol. The van der Waals surface area contributed by atoms with Crippen molar-refractivity contribution in [3.8, 4) is 16.9 Å². The maximum absolute atomic E-state index is 14.8. The predicted octanol–water partition coefficient (Wildman–Crippen LogP) is 8.05. The van der Waals surface area contributed by atoms with Crippen LogP contribution in [0, 0.1) is 35.0 Å². The van der Waals surface area contributed by atoms with Crippen LogP contribution in [-0.4, -0.2) is 26.4 Å². The molecular weight excluding hydrogens is 545 g/mol. The fourth-order valence-corrected chi connectivity index (χ4v) is 4.14. The fraction of sp³-hybridized carbons (Fsp3) is 0.379. The van der Waals surface area contributed by atoms with Gasteiger partial charge in [-0.05, 0) is 60.4 Å². The minimum absolute atomic E-state index is 0.0251. The summed E-state index contributed by atoms with van der Waals surface area (Å²) < 4.78 is 121. The van der Waals surface area contributed by atoms with Crippen molar-refractivity contribution in [2.75, 3.05) is 26.4 Å². The van der Waals surface area contributed by atoms with Gasteiger partial charge in [-0.15, -0.1) is 0 Å². The number of hydrogen-bond acceptors (Lipinski definition) is 4. The Hall–Kier alpha value is -3.15. The molecule has 1 aliphatic heterocycles. The molecule has 0 aliphatic carbocycles. The first-order valence-electron chi connectivity index (χ1n) is 12.7. The van der Waals surface area contributed by atoms with E-state index in [1.165, 1.54) is 12.1 Å². The van der Waals surface area contributed by atoms with Gasteiger partial charge in [0.1, 0.15) is 22.9 Å². The highest BCUT2D eigenvalue weighted by Gasteiger charge is 2.42. The standard InChI is InChI=1S/C29H27F7O4/c1-2-3-9-37-10-8-17-15-38-28(39-16-17)20-13-22(30)26(23(31)14-20)29(35,36)40-21-6-4-18(5-7-21)19-11-24(32)27(34)25(33)12-19/h4-7,11-14,17,28H,2-3,8-10,15-16H2,1H3. The zero-order valence-corrected chi connectivity index (χ0v) is 21.5. The van der Waals surface area contributed by atoms with E-state index in [1.807, 2.05) is 0 Å². The summed E-state index contributed by atoms with van der Waals surface area (Å²) in [6, 6.07) is 7.26. The zero-order valence-electron chi connectivity index (χ0n) is 21.5. The molecule has 3 aromatic carbocycles. The normalized spacial score (nSPS) is 17.7. The Bertz CT molecular complexity index is 1250. The number of rotatable bonds is 11. The molecule has 0 saturated carbocycles. The lowest BCUT2D eigenvalue weighted by molar-refractivity contribution is -0.208. The van der Waals surface area contributed by atoms with Gasteiger partial charge in [0, 0.05) is 24.7 Å². The Morgan fingerprint density at radius 3 is 1.98 bits per heavy atom. The summed E-state index contributed by atoms with van der Waals surface area (Å²) in [5, 5.41) is 0. The van der Waals surface area contributed by atoms with Crippen LogP contribution in [0.2, 0.25) is 0 Å². The highest BCUT2D eigenvalue weighted by atomic mass is 19.3. The first-order valence-corrected chi connectivity index (χ1v) is 12.7. The van der Waals surface area contributed by atoms with Crippen LogP contribution in [0.3, 0.4) is 0 Å². The van der Waals surface area contributed by atoms with Crippen molar-refractivity contribution >= 4 is 0 Å². The van der Waals surface area contributed by atoms with E-state index in [2.05, 4.69) is 11.7 Å². The second-order valence-corrected chi connectivity index (χ2v) is 9.38. The van der Waals surface area contributed by atoms with Gasteiger partial charge in [0.05, 0.1) is 13.2 Å². The Morgan fingerprint density at radius 1 is 0.800 bits per heavy atom. The summed E-state index contributed by atoms with van der Waals surface area (Å²) in [7, 11) is 0. The number of unbranched alkanes of at least 4 members (excludes halogenated alkanes) is 1. The average Bonchev–Trinajstić information content (AvgIpc) is 2.91. The largest absolute Gasteiger partial charge is 0.432 e. The number of alkyl halides is 2. The fourth-order valence-electron chi connectivity index (χ4n) is 4.14. The van der Waals surface area contributed by atoms with Gasteiger partial charge in [-0.25, -0.2) is 22.0 Å². The van der Waals surface area contributed by atoms with Crippen molar-refractivity contribution in [3.05, 3.63) is 88.7 Å². The number of hydrogen-bond donors (Lipinski definition) is 0. The van der Waals surface area contributed by atoms with Crippen molar-refractivity contribution in [2.45, 2.75) is 38.6 Å². The molecule has 0 aromatic heterocycles. The monoisotopic (exact) mass is 572 g/mol. The lowest BCUT2D eigenvalue weighted by atomic mass is 10.0. The SMILES string of the molecule is CCCCOCCC1COC(c2cc(F)c(C(F)(F)Oc3ccc(-c4cc(F)c(F)c(F)c4)cc3)c(F)c2)OC1. The van der Waals surface area contributed by atoms with Crippen LogP contribution in [-0.2, 0) is 20.3 Å². The third-order valence-corrected chi connectivity index (χ3v) is 6.32. The number of halogens is 7. The van der Waals surface area contributed by atoms with Gasteiger partial charge in [0.2, 0.25) is 0 Å². The molecule has 0 bridgehead atoms. The van der Waals surface area contributed by atoms with E-state index in [4.69, 9.17) is 14.2 Å². The van der Waals surface area contributed by atoms with Gasteiger partial charge < -0.3 is 18.9 Å². The highest BCUT2D eigenvalue weighted by molar-refractivity contribution is 5.64. The molecule has 1 fully saturated rings. The Labute approximate surface area is 226 Å². The molecule has 4 rings (SSSR count). The minimum atomic E-state index is -4.42. The minimum Gasteiger partial charge on any atom is -0.429 e. The summed E-state index contributed by atoms with van der Waals surface area (Å²) in [5.74, 6) is -8.08. The molecule has 40 heavy (non-hydrogen) atoms. The Balaban J connectivity index is 1.40. The summed E-state index contributed by atoms with van der Waals surface area (Å²) >= 11 is 0. The maximum Gasteiger partial charge on any atom is 0.432 e. The molecule has 0 radical (unpaired) electrons. The zero-order chi connectivity index (χ0) is 28.9. The topological polar surface area (TPSA) is 36.9 Å². The van der Waals surface area contributed by atoms with E-state index in [0.717, 1.165) is 37.1 Å². The van der Waals surface area contributed by atoms with Crippen LogP contribution in [0.4, 0.5) is 30.7 Å². The van der Waals surface area contributed by atoms with Crippen LogP contribution >= 0.6 is 0 Å². The van der Waals surface area contributed by atoms with Gasteiger partial charge in [-0.3, -0.25) is 0 Å². The summed E-state index contributed by atoms with van der Waals surface area (Å²) in [5.41, 5.74) is -1.61. The lowest BCUT2D eigenvalue weighted by Crippen LogP contribution is -2.29. The third-order valence-electron chi connectivity index (χ3n) is 6.32. The molecule has 11 heteroatoms. The second-order valence-electron chi connectivity index (χ2n) is 9.38. The first kappa shape index (κ1) is 29.8. The van der Waals surface area contributed by atoms with Crippen LogP contribution in [0.1, 0.15) is 43.6 Å². The summed E-state index contributed by atoms with van der Waals surface area (Å²) in [6.45, 7) is 3.75. The van der Waals surface area contributed by atoms with E-state index in [-0.39, 0.29) is 35.8 Å². The van der Waals surface area contributed by atoms with E-state index in [9.17, 15) is 30.7 Å². The van der Waals surface area contributed by atoms with Crippen molar-refractivity contribution in [1.82, 2.24) is 0 Å². The number of benzene rings is 3. The van der Waals surface area contributed by atoms with Crippen molar-refractivity contribution in [1.29, 1.82) is 0 Å². The van der Waals surface area contributed by atoms with Crippen LogP contribution < -0.4 is 4.74 Å². The summed E-state index contributed by atoms with van der Waals surface area (Å²) in [4.78, 5) is 0. The van der Waals surface area contributed by atoms with Crippen LogP contribution in [0.15, 0.2) is 48.5 Å². The smallest absolute Gasteiger partial charge is 0.429 e. The molecule has 1 heterocycles. The molecule has 1 aliphatic rings. The quantitative estimate of drug-likeness (QED) is 0.132. The molecule has 4 nitrogen and oxygen atoms in total. The molecule has 3 aromatic rings. The van der Waals surface area contributed by atoms with Gasteiger partial charge in [-0.2, -0.15) is 8.78 Å². The molecular formula is C29H27F7O4. The Kier molecular flexibility index (Phi) is 9.70. The van der Waals surface area contributed by atoms with Gasteiger partial charge in [0.25, 0.3) is 0 Å². The van der Waals surface area contributed by atoms with Crippen LogP contribution in [0.25, 0.3) is 11.1 Å². The lowest BCUT2D eigenvalue weighted by Gasteiger charge is -2.30. The van der Waals surface area contributed by atoms with E-state index < -0.39 is 52.8 Å². The van der Waals surface area contributed by atoms with Crippen molar-refractivity contribution in [3.63, 3.8) is 0 Å². The molecule has 0 atom stereocenters. The molecule has 0 spiro atoms. The molecule has 0 N–H and O–H groups in total. The van der Waals surface area contributed by atoms with E-state index in [1.54, 1.807) is 0 Å². The molecule has 0 amide bonds.